The van der Waals surface area contributed by atoms with E-state index in [0.717, 1.165) is 48.6 Å². The zero-order valence-corrected chi connectivity index (χ0v) is 17.3. The van der Waals surface area contributed by atoms with Gasteiger partial charge in [0.1, 0.15) is 0 Å². The highest BCUT2D eigenvalue weighted by Gasteiger charge is 2.46. The average Bonchev–Trinajstić information content (AvgIpc) is 3.04. The third kappa shape index (κ3) is 3.19. The van der Waals surface area contributed by atoms with Crippen molar-refractivity contribution in [2.75, 3.05) is 20.1 Å². The van der Waals surface area contributed by atoms with Gasteiger partial charge in [0.15, 0.2) is 0 Å². The van der Waals surface area contributed by atoms with Gasteiger partial charge in [-0.05, 0) is 65.3 Å². The van der Waals surface area contributed by atoms with Gasteiger partial charge in [-0.15, -0.1) is 11.3 Å². The minimum atomic E-state index is 0.0627. The second-order valence-electron chi connectivity index (χ2n) is 8.06. The Morgan fingerprint density at radius 2 is 2.11 bits per heavy atom. The van der Waals surface area contributed by atoms with E-state index in [1.807, 2.05) is 24.6 Å². The Morgan fingerprint density at radius 1 is 1.26 bits per heavy atom. The first-order valence-corrected chi connectivity index (χ1v) is 10.8. The van der Waals surface area contributed by atoms with Gasteiger partial charge in [0, 0.05) is 18.3 Å². The lowest BCUT2D eigenvalue weighted by molar-refractivity contribution is -0.00333. The van der Waals surface area contributed by atoms with Crippen molar-refractivity contribution in [3.8, 4) is 10.6 Å². The molecule has 0 unspecified atom stereocenters. The first-order chi connectivity index (χ1) is 13.0. The number of amides is 1. The fraction of sp³-hybridized carbons (Fsp3) is 0.571. The molecule has 0 N–H and O–H groups in total. The Kier molecular flexibility index (Phi) is 5.03. The molecule has 144 valence electrons. The molecule has 0 spiro atoms. The number of hydrogen-bond acceptors (Lipinski definition) is 5. The second-order valence-corrected chi connectivity index (χ2v) is 8.91. The van der Waals surface area contributed by atoms with Crippen LogP contribution < -0.4 is 0 Å². The number of carbonyl (C=O) groups excluding carboxylic acids is 1. The van der Waals surface area contributed by atoms with Gasteiger partial charge in [-0.3, -0.25) is 14.7 Å². The SMILES string of the molecule is Cc1ncsc1-c1ncccc1C(=O)N1CCC[C@@]2(C)[C@@H]1CCCCN2C. The van der Waals surface area contributed by atoms with E-state index < -0.39 is 0 Å². The lowest BCUT2D eigenvalue weighted by Gasteiger charge is -2.51. The van der Waals surface area contributed by atoms with Gasteiger partial charge in [0.2, 0.25) is 0 Å². The molecule has 0 bridgehead atoms. The van der Waals surface area contributed by atoms with Crippen LogP contribution in [0.15, 0.2) is 23.8 Å². The first-order valence-electron chi connectivity index (χ1n) is 9.90. The molecular weight excluding hydrogens is 356 g/mol. The molecule has 4 heterocycles. The van der Waals surface area contributed by atoms with Crippen molar-refractivity contribution < 1.29 is 4.79 Å². The van der Waals surface area contributed by atoms with Crippen molar-refractivity contribution in [1.82, 2.24) is 19.8 Å². The molecule has 2 fully saturated rings. The summed E-state index contributed by atoms with van der Waals surface area (Å²) in [5.41, 5.74) is 4.31. The Balaban J connectivity index is 1.72. The summed E-state index contributed by atoms with van der Waals surface area (Å²) in [4.78, 5) is 28.2. The lowest BCUT2D eigenvalue weighted by atomic mass is 9.79. The number of piperidine rings is 1. The molecule has 2 aromatic heterocycles. The molecule has 0 saturated carbocycles. The number of rotatable bonds is 2. The highest BCUT2D eigenvalue weighted by atomic mass is 32.1. The molecule has 0 aliphatic carbocycles. The molecule has 2 aliphatic heterocycles. The summed E-state index contributed by atoms with van der Waals surface area (Å²) in [7, 11) is 2.22. The number of nitrogens with zero attached hydrogens (tertiary/aromatic N) is 4. The number of likely N-dealkylation sites (tertiary alicyclic amines) is 2. The Morgan fingerprint density at radius 3 is 2.89 bits per heavy atom. The molecule has 0 radical (unpaired) electrons. The van der Waals surface area contributed by atoms with Crippen molar-refractivity contribution in [3.05, 3.63) is 35.1 Å². The largest absolute Gasteiger partial charge is 0.334 e. The van der Waals surface area contributed by atoms with Gasteiger partial charge in [-0.25, -0.2) is 4.98 Å². The summed E-state index contributed by atoms with van der Waals surface area (Å²) in [6, 6.07) is 4.06. The van der Waals surface area contributed by atoms with Crippen molar-refractivity contribution in [3.63, 3.8) is 0 Å². The normalized spacial score (nSPS) is 26.5. The fourth-order valence-electron chi connectivity index (χ4n) is 4.81. The van der Waals surface area contributed by atoms with E-state index in [9.17, 15) is 4.79 Å². The molecule has 5 nitrogen and oxygen atoms in total. The van der Waals surface area contributed by atoms with E-state index in [4.69, 9.17) is 0 Å². The van der Waals surface area contributed by atoms with Gasteiger partial charge in [0.25, 0.3) is 5.91 Å². The van der Waals surface area contributed by atoms with Crippen molar-refractivity contribution in [1.29, 1.82) is 0 Å². The lowest BCUT2D eigenvalue weighted by Crippen LogP contribution is -2.63. The van der Waals surface area contributed by atoms with Crippen LogP contribution in [-0.4, -0.2) is 57.4 Å². The quantitative estimate of drug-likeness (QED) is 0.785. The van der Waals surface area contributed by atoms with Gasteiger partial charge in [-0.2, -0.15) is 0 Å². The van der Waals surface area contributed by atoms with Crippen LogP contribution in [-0.2, 0) is 0 Å². The van der Waals surface area contributed by atoms with E-state index in [0.29, 0.717) is 5.56 Å². The summed E-state index contributed by atoms with van der Waals surface area (Å²) < 4.78 is 0. The van der Waals surface area contributed by atoms with Crippen LogP contribution in [0.1, 0.15) is 55.1 Å². The second kappa shape index (κ2) is 7.32. The zero-order valence-electron chi connectivity index (χ0n) is 16.4. The van der Waals surface area contributed by atoms with Crippen LogP contribution >= 0.6 is 11.3 Å². The molecule has 27 heavy (non-hydrogen) atoms. The molecule has 2 saturated heterocycles. The van der Waals surface area contributed by atoms with Crippen molar-refractivity contribution in [2.24, 2.45) is 0 Å². The van der Waals surface area contributed by atoms with Crippen LogP contribution in [0.2, 0.25) is 0 Å². The van der Waals surface area contributed by atoms with Crippen LogP contribution in [0.25, 0.3) is 10.6 Å². The van der Waals surface area contributed by atoms with E-state index in [-0.39, 0.29) is 17.5 Å². The number of carbonyl (C=O) groups is 1. The third-order valence-corrected chi connectivity index (χ3v) is 7.46. The van der Waals surface area contributed by atoms with Crippen LogP contribution in [0.5, 0.6) is 0 Å². The van der Waals surface area contributed by atoms with E-state index in [1.165, 1.54) is 12.8 Å². The summed E-state index contributed by atoms with van der Waals surface area (Å²) in [6.45, 7) is 6.28. The van der Waals surface area contributed by atoms with Crippen molar-refractivity contribution in [2.45, 2.75) is 57.5 Å². The topological polar surface area (TPSA) is 49.3 Å². The number of likely N-dealkylation sites (N-methyl/N-ethyl adjacent to an activating group) is 1. The van der Waals surface area contributed by atoms with Gasteiger partial charge in [0.05, 0.1) is 33.4 Å². The minimum Gasteiger partial charge on any atom is -0.334 e. The Labute approximate surface area is 165 Å². The molecular formula is C21H28N4OS. The number of aromatic nitrogens is 2. The summed E-state index contributed by atoms with van der Waals surface area (Å²) in [5.74, 6) is 0.122. The third-order valence-electron chi connectivity index (χ3n) is 6.53. The predicted octanol–water partition coefficient (Wildman–Crippen LogP) is 3.99. The summed E-state index contributed by atoms with van der Waals surface area (Å²) in [6.07, 6.45) is 7.46. The monoisotopic (exact) mass is 384 g/mol. The number of hydrogen-bond donors (Lipinski definition) is 0. The Bertz CT molecular complexity index is 835. The zero-order chi connectivity index (χ0) is 19.0. The molecule has 2 atom stereocenters. The highest BCUT2D eigenvalue weighted by molar-refractivity contribution is 7.13. The number of thiazole rings is 1. The number of aryl methyl sites for hydroxylation is 1. The summed E-state index contributed by atoms with van der Waals surface area (Å²) in [5, 5.41) is 0. The molecule has 2 aliphatic rings. The molecule has 1 amide bonds. The fourth-order valence-corrected chi connectivity index (χ4v) is 5.62. The predicted molar refractivity (Wildman–Crippen MR) is 109 cm³/mol. The molecule has 0 aromatic carbocycles. The molecule has 4 rings (SSSR count). The number of fused-ring (bicyclic) bond motifs is 1. The van der Waals surface area contributed by atoms with Crippen LogP contribution in [0.3, 0.4) is 0 Å². The van der Waals surface area contributed by atoms with Gasteiger partial charge in [-0.1, -0.05) is 6.42 Å². The van der Waals surface area contributed by atoms with E-state index in [2.05, 4.69) is 33.7 Å². The number of pyridine rings is 1. The van der Waals surface area contributed by atoms with Gasteiger partial charge < -0.3 is 4.90 Å². The maximum atomic E-state index is 13.7. The first kappa shape index (κ1) is 18.6. The highest BCUT2D eigenvalue weighted by Crippen LogP contribution is 2.39. The van der Waals surface area contributed by atoms with Crippen LogP contribution in [0, 0.1) is 6.92 Å². The maximum absolute atomic E-state index is 13.7. The Hall–Kier alpha value is -1.79. The standard InChI is InChI=1S/C21H28N4OS/c1-15-19(27-14-23-15)18-16(8-6-11-22-18)20(26)25-13-7-10-21(2)17(25)9-4-5-12-24(21)3/h6,8,11,14,17H,4-5,7,9-10,12-13H2,1-3H3/t17-,21-/m0/s1. The van der Waals surface area contributed by atoms with Crippen molar-refractivity contribution >= 4 is 17.2 Å². The average molecular weight is 385 g/mol. The van der Waals surface area contributed by atoms with Crippen LogP contribution in [0.4, 0.5) is 0 Å². The molecule has 2 aromatic rings. The van der Waals surface area contributed by atoms with E-state index in [1.54, 1.807) is 17.5 Å². The minimum absolute atomic E-state index is 0.0627. The smallest absolute Gasteiger partial charge is 0.256 e. The summed E-state index contributed by atoms with van der Waals surface area (Å²) >= 11 is 1.55. The van der Waals surface area contributed by atoms with Gasteiger partial charge >= 0.3 is 0 Å². The van der Waals surface area contributed by atoms with E-state index >= 15 is 0 Å². The maximum Gasteiger partial charge on any atom is 0.256 e. The molecule has 6 heteroatoms.